The number of carbonyl (C=O) groups excluding carboxylic acids is 1. The highest BCUT2D eigenvalue weighted by Gasteiger charge is 2.18. The highest BCUT2D eigenvalue weighted by molar-refractivity contribution is 5.69. The molecule has 1 atom stereocenters. The molecule has 3 nitrogen and oxygen atoms in total. The second kappa shape index (κ2) is 6.89. The summed E-state index contributed by atoms with van der Waals surface area (Å²) in [6.45, 7) is 12.9. The van der Waals surface area contributed by atoms with E-state index in [1.54, 1.807) is 0 Å². The predicted octanol–water partition coefficient (Wildman–Crippen LogP) is 3.57. The summed E-state index contributed by atoms with van der Waals surface area (Å²) < 4.78 is 4.96. The van der Waals surface area contributed by atoms with Crippen molar-refractivity contribution in [3.8, 4) is 0 Å². The summed E-state index contributed by atoms with van der Waals surface area (Å²) in [5.74, 6) is -0.168. The van der Waals surface area contributed by atoms with Gasteiger partial charge in [0.1, 0.15) is 0 Å². The number of nitrogens with two attached hydrogens (primary N) is 1. The first-order chi connectivity index (χ1) is 9.31. The van der Waals surface area contributed by atoms with E-state index in [0.29, 0.717) is 19.4 Å². The largest absolute Gasteiger partial charge is 0.466 e. The van der Waals surface area contributed by atoms with Crippen molar-refractivity contribution < 1.29 is 9.53 Å². The van der Waals surface area contributed by atoms with Crippen LogP contribution in [0.25, 0.3) is 0 Å². The van der Waals surface area contributed by atoms with E-state index in [9.17, 15) is 4.79 Å². The lowest BCUT2D eigenvalue weighted by molar-refractivity contribution is -0.143. The minimum absolute atomic E-state index is 0.114. The summed E-state index contributed by atoms with van der Waals surface area (Å²) in [6.07, 6.45) is 1.00. The normalized spacial score (nSPS) is 12.3. The zero-order valence-corrected chi connectivity index (χ0v) is 13.6. The molecule has 0 fully saturated rings. The molecule has 3 heteroatoms. The summed E-state index contributed by atoms with van der Waals surface area (Å²) >= 11 is 0. The molecule has 0 amide bonds. The predicted molar refractivity (Wildman–Crippen MR) is 82.9 cm³/mol. The van der Waals surface area contributed by atoms with Crippen molar-refractivity contribution in [1.82, 2.24) is 0 Å². The van der Waals surface area contributed by atoms with Crippen LogP contribution in [0.3, 0.4) is 0 Å². The molecular formula is C17H27NO2. The van der Waals surface area contributed by atoms with E-state index in [0.717, 1.165) is 0 Å². The van der Waals surface area contributed by atoms with Crippen LogP contribution in [0.5, 0.6) is 0 Å². The summed E-state index contributed by atoms with van der Waals surface area (Å²) in [4.78, 5) is 11.5. The van der Waals surface area contributed by atoms with Gasteiger partial charge in [0.25, 0.3) is 0 Å². The van der Waals surface area contributed by atoms with Gasteiger partial charge in [-0.3, -0.25) is 4.79 Å². The molecule has 0 aliphatic carbocycles. The highest BCUT2D eigenvalue weighted by Crippen LogP contribution is 2.31. The smallest absolute Gasteiger partial charge is 0.305 e. The van der Waals surface area contributed by atoms with Crippen molar-refractivity contribution in [2.45, 2.75) is 60.4 Å². The number of hydrogen-bond acceptors (Lipinski definition) is 3. The molecule has 1 rings (SSSR count). The van der Waals surface area contributed by atoms with Crippen LogP contribution < -0.4 is 5.73 Å². The fourth-order valence-electron chi connectivity index (χ4n) is 2.74. The van der Waals surface area contributed by atoms with Crippen molar-refractivity contribution in [2.75, 3.05) is 6.61 Å². The number of ether oxygens (including phenoxy) is 1. The van der Waals surface area contributed by atoms with Gasteiger partial charge >= 0.3 is 5.97 Å². The maximum absolute atomic E-state index is 11.5. The molecule has 0 aliphatic heterocycles. The molecule has 20 heavy (non-hydrogen) atoms. The Morgan fingerprint density at radius 1 is 1.00 bits per heavy atom. The Hall–Kier alpha value is -1.35. The molecule has 0 bridgehead atoms. The van der Waals surface area contributed by atoms with Crippen LogP contribution >= 0.6 is 0 Å². The third kappa shape index (κ3) is 3.40. The lowest BCUT2D eigenvalue weighted by Crippen LogP contribution is -2.17. The van der Waals surface area contributed by atoms with Gasteiger partial charge in [-0.1, -0.05) is 0 Å². The standard InChI is InChI=1S/C17H27NO2/c1-7-20-16(19)9-8-15(18)17-13(5)11(3)10(2)12(4)14(17)6/h15H,7-9,18H2,1-6H3. The molecule has 112 valence electrons. The van der Waals surface area contributed by atoms with Gasteiger partial charge in [0.05, 0.1) is 6.61 Å². The van der Waals surface area contributed by atoms with Crippen molar-refractivity contribution in [2.24, 2.45) is 5.73 Å². The Bertz CT molecular complexity index is 477. The second-order valence-electron chi connectivity index (χ2n) is 5.49. The molecule has 1 aromatic rings. The van der Waals surface area contributed by atoms with Gasteiger partial charge in [-0.25, -0.2) is 0 Å². The first-order valence-electron chi connectivity index (χ1n) is 7.29. The van der Waals surface area contributed by atoms with Crippen LogP contribution in [0.15, 0.2) is 0 Å². The van der Waals surface area contributed by atoms with Crippen LogP contribution in [0.2, 0.25) is 0 Å². The fraction of sp³-hybridized carbons (Fsp3) is 0.588. The molecule has 0 spiro atoms. The molecule has 0 aromatic heterocycles. The quantitative estimate of drug-likeness (QED) is 0.837. The van der Waals surface area contributed by atoms with Gasteiger partial charge in [0, 0.05) is 12.5 Å². The fourth-order valence-corrected chi connectivity index (χ4v) is 2.74. The second-order valence-corrected chi connectivity index (χ2v) is 5.49. The number of esters is 1. The number of benzene rings is 1. The summed E-state index contributed by atoms with van der Waals surface area (Å²) in [5, 5.41) is 0. The maximum Gasteiger partial charge on any atom is 0.305 e. The highest BCUT2D eigenvalue weighted by atomic mass is 16.5. The number of hydrogen-bond donors (Lipinski definition) is 1. The Kier molecular flexibility index (Phi) is 5.75. The topological polar surface area (TPSA) is 52.3 Å². The molecule has 2 N–H and O–H groups in total. The van der Waals surface area contributed by atoms with Crippen LogP contribution in [0, 0.1) is 34.6 Å². The van der Waals surface area contributed by atoms with Gasteiger partial charge in [-0.15, -0.1) is 0 Å². The van der Waals surface area contributed by atoms with Gasteiger partial charge in [0.2, 0.25) is 0 Å². The van der Waals surface area contributed by atoms with Crippen LogP contribution in [0.1, 0.15) is 59.2 Å². The van der Waals surface area contributed by atoms with E-state index in [1.165, 1.54) is 33.4 Å². The first kappa shape index (κ1) is 16.7. The van der Waals surface area contributed by atoms with E-state index in [1.807, 2.05) is 6.92 Å². The van der Waals surface area contributed by atoms with Crippen molar-refractivity contribution >= 4 is 5.97 Å². The maximum atomic E-state index is 11.5. The van der Waals surface area contributed by atoms with E-state index in [2.05, 4.69) is 34.6 Å². The van der Waals surface area contributed by atoms with E-state index >= 15 is 0 Å². The minimum Gasteiger partial charge on any atom is -0.466 e. The van der Waals surface area contributed by atoms with E-state index < -0.39 is 0 Å². The zero-order valence-electron chi connectivity index (χ0n) is 13.6. The number of rotatable bonds is 5. The first-order valence-corrected chi connectivity index (χ1v) is 7.29. The molecule has 0 radical (unpaired) electrons. The lowest BCUT2D eigenvalue weighted by Gasteiger charge is -2.23. The number of carbonyl (C=O) groups is 1. The zero-order chi connectivity index (χ0) is 15.4. The van der Waals surface area contributed by atoms with E-state index in [-0.39, 0.29) is 12.0 Å². The monoisotopic (exact) mass is 277 g/mol. The van der Waals surface area contributed by atoms with Gasteiger partial charge in [-0.05, 0) is 81.3 Å². The van der Waals surface area contributed by atoms with Crippen molar-refractivity contribution in [3.05, 3.63) is 33.4 Å². The SMILES string of the molecule is CCOC(=O)CCC(N)c1c(C)c(C)c(C)c(C)c1C. The third-order valence-corrected chi connectivity index (χ3v) is 4.39. The molecule has 0 heterocycles. The van der Waals surface area contributed by atoms with Crippen molar-refractivity contribution in [1.29, 1.82) is 0 Å². The average Bonchev–Trinajstić information content (AvgIpc) is 2.41. The summed E-state index contributed by atoms with van der Waals surface area (Å²) in [7, 11) is 0. The Balaban J connectivity index is 2.99. The van der Waals surface area contributed by atoms with Crippen LogP contribution in [-0.4, -0.2) is 12.6 Å². The molecule has 0 aliphatic rings. The molecule has 0 saturated heterocycles. The van der Waals surface area contributed by atoms with Gasteiger partial charge in [0.15, 0.2) is 0 Å². The minimum atomic E-state index is -0.168. The Morgan fingerprint density at radius 3 is 1.90 bits per heavy atom. The Labute approximate surface area is 122 Å². The van der Waals surface area contributed by atoms with Crippen molar-refractivity contribution in [3.63, 3.8) is 0 Å². The van der Waals surface area contributed by atoms with Gasteiger partial charge < -0.3 is 10.5 Å². The molecule has 0 saturated carbocycles. The summed E-state index contributed by atoms with van der Waals surface area (Å²) in [6, 6.07) is -0.114. The lowest BCUT2D eigenvalue weighted by atomic mass is 9.85. The molecule has 1 unspecified atom stereocenters. The summed E-state index contributed by atoms with van der Waals surface area (Å²) in [5.41, 5.74) is 14.0. The third-order valence-electron chi connectivity index (χ3n) is 4.39. The van der Waals surface area contributed by atoms with Gasteiger partial charge in [-0.2, -0.15) is 0 Å². The molecular weight excluding hydrogens is 250 g/mol. The average molecular weight is 277 g/mol. The van der Waals surface area contributed by atoms with Crippen LogP contribution in [0.4, 0.5) is 0 Å². The Morgan fingerprint density at radius 2 is 1.45 bits per heavy atom. The molecule has 1 aromatic carbocycles. The van der Waals surface area contributed by atoms with Crippen LogP contribution in [-0.2, 0) is 9.53 Å². The van der Waals surface area contributed by atoms with E-state index in [4.69, 9.17) is 10.5 Å².